The van der Waals surface area contributed by atoms with Crippen LogP contribution in [0.1, 0.15) is 156 Å². The van der Waals surface area contributed by atoms with Crippen LogP contribution in [0.5, 0.6) is 23.0 Å². The number of nitrogens with zero attached hydrogens (tertiary/aromatic N) is 8. The Kier molecular flexibility index (Phi) is 36.8. The van der Waals surface area contributed by atoms with Gasteiger partial charge in [0, 0.05) is 64.6 Å². The van der Waals surface area contributed by atoms with Crippen molar-refractivity contribution in [3.63, 3.8) is 0 Å². The summed E-state index contributed by atoms with van der Waals surface area (Å²) in [7, 11) is 3.19. The van der Waals surface area contributed by atoms with E-state index in [-0.39, 0.29) is 84.7 Å². The molecule has 26 heteroatoms. The maximum atomic E-state index is 12.1. The monoisotopic (exact) mass is 1780 g/mol. The zero-order valence-corrected chi connectivity index (χ0v) is 79.8. The number of esters is 3. The molecule has 2 N–H and O–H groups in total. The molecule has 0 radical (unpaired) electrons. The summed E-state index contributed by atoms with van der Waals surface area (Å²) in [5.74, 6) is 3.12. The minimum atomic E-state index is -1.15. The van der Waals surface area contributed by atoms with E-state index in [0.717, 1.165) is 105 Å². The van der Waals surface area contributed by atoms with Gasteiger partial charge >= 0.3 is 37.4 Å². The van der Waals surface area contributed by atoms with E-state index in [4.69, 9.17) is 96.7 Å². The van der Waals surface area contributed by atoms with Gasteiger partial charge in [0.25, 0.3) is 0 Å². The van der Waals surface area contributed by atoms with Crippen LogP contribution in [0.15, 0.2) is 121 Å². The number of rotatable bonds is 31. The second kappa shape index (κ2) is 46.3. The predicted molar refractivity (Wildman–Crippen MR) is 493 cm³/mol. The number of carbonyl (C=O) groups is 3. The van der Waals surface area contributed by atoms with Gasteiger partial charge in [-0.25, -0.2) is 24.4 Å². The van der Waals surface area contributed by atoms with Crippen LogP contribution in [0.2, 0.25) is 0 Å². The average molecular weight is 1780 g/mol. The Hall–Kier alpha value is -11.4. The summed E-state index contributed by atoms with van der Waals surface area (Å²) in [6.07, 6.45) is -1.86. The Morgan fingerprint density at radius 3 is 0.984 bits per heavy atom. The first kappa shape index (κ1) is 101. The van der Waals surface area contributed by atoms with Crippen molar-refractivity contribution in [1.29, 1.82) is 0 Å². The molecule has 0 saturated carbocycles. The summed E-state index contributed by atoms with van der Waals surface area (Å²) in [5, 5.41) is 23.6. The van der Waals surface area contributed by atoms with Crippen LogP contribution >= 0.6 is 0 Å². The van der Waals surface area contributed by atoms with Gasteiger partial charge in [-0.3, -0.25) is 0 Å². The molecular weight excluding hydrogens is 1660 g/mol. The Labute approximate surface area is 758 Å². The number of aryl methyl sites for hydroxylation is 4. The van der Waals surface area contributed by atoms with Crippen molar-refractivity contribution >= 4 is 62.0 Å². The number of fused-ring (bicyclic) bond motifs is 20. The molecule has 25 nitrogen and oxygen atoms in total. The number of methoxy groups -OCH3 is 2. The molecule has 2 aliphatic heterocycles. The van der Waals surface area contributed by atoms with E-state index in [9.17, 15) is 24.6 Å². The summed E-state index contributed by atoms with van der Waals surface area (Å²) in [6, 6.07) is 27.7. The van der Waals surface area contributed by atoms with Crippen LogP contribution in [0.25, 0.3) is 89.7 Å². The number of aromatic nitrogens is 8. The van der Waals surface area contributed by atoms with Gasteiger partial charge in [0.05, 0.1) is 87.3 Å². The quantitative estimate of drug-likeness (QED) is 0.00775. The molecule has 0 fully saturated rings. The van der Waals surface area contributed by atoms with Gasteiger partial charge in [-0.2, -0.15) is 0 Å². The molecule has 0 spiro atoms. The topological polar surface area (TPSA) is 308 Å². The van der Waals surface area contributed by atoms with Gasteiger partial charge in [-0.15, -0.1) is 0 Å². The molecule has 2 unspecified atom stereocenters. The van der Waals surface area contributed by atoms with E-state index in [0.29, 0.717) is 114 Å². The third-order valence-corrected chi connectivity index (χ3v) is 22.8. The first-order valence-corrected chi connectivity index (χ1v) is 41.7. The first-order valence-electron chi connectivity index (χ1n) is 41.7. The van der Waals surface area contributed by atoms with Gasteiger partial charge in [-0.05, 0) is 319 Å². The molecule has 2 aliphatic rings. The number of benzene rings is 8. The number of hydrogen-bond acceptors (Lipinski definition) is 23. The molecular formula is C101H120N8O17Zn. The molecule has 668 valence electrons. The normalized spacial score (nSPS) is 11.5. The Morgan fingerprint density at radius 1 is 0.362 bits per heavy atom. The van der Waals surface area contributed by atoms with Crippen molar-refractivity contribution in [2.75, 3.05) is 87.3 Å². The number of carbonyl (C=O) groups excluding carboxylic acids is 3. The molecule has 0 amide bonds. The number of hydrogen-bond donors (Lipinski definition) is 2. The van der Waals surface area contributed by atoms with E-state index < -0.39 is 30.1 Å². The number of aliphatic hydroxyl groups excluding tert-OH is 2. The molecule has 8 aromatic carbocycles. The second-order valence-corrected chi connectivity index (χ2v) is 31.1. The first-order chi connectivity index (χ1) is 59.8. The van der Waals surface area contributed by atoms with Crippen molar-refractivity contribution < 1.29 is 101 Å². The van der Waals surface area contributed by atoms with Crippen molar-refractivity contribution in [3.05, 3.63) is 233 Å². The predicted octanol–water partition coefficient (Wildman–Crippen LogP) is 19.0. The fraction of sp³-hybridized carbons (Fsp3) is 0.376. The van der Waals surface area contributed by atoms with Gasteiger partial charge in [0.15, 0.2) is 0 Å². The van der Waals surface area contributed by atoms with Crippen LogP contribution in [0, 0.1) is 111 Å². The van der Waals surface area contributed by atoms with Crippen LogP contribution < -0.4 is 28.9 Å². The van der Waals surface area contributed by atoms with Crippen LogP contribution in [-0.2, 0) is 75.4 Å². The third-order valence-electron chi connectivity index (χ3n) is 22.8. The summed E-state index contributed by atoms with van der Waals surface area (Å²) in [6.45, 7) is 52.1. The van der Waals surface area contributed by atoms with E-state index in [1.54, 1.807) is 62.8 Å². The standard InChI is InChI=1S/C48H48N8.C29H36O10.C21H26O7.C2H6.CH4.Zn/c1-17-18(2)26(10)34-33(25(17)9)41-49-42(34)54-44-37-29(13)21(5)22(6)30(14)38(37)46(51-44)56-48-40-32(16)24(8)23(7)31(15)39(40)47(52-48)55-45-36-28(12)20(4)19(3)27(11)35(36)43(50-45)53-41;1-20(2)13-34-15-24(30)16-35-14-22-5-9-26(10-6-22)38-19-39-27-11-7-23(8-12-27)29(33)37-18-25(31)17-36-28(32)21(3)4;1-23-11-13-25-15-17-3-7-19(8-4-17)27-16-28-20-9-5-18(6-10-20)21(22)26-14-12-24-2;1-2;;/h1-16H3;5-12,24-25,30-31H,1,3,13-19H2,2,4H3;3-10H,11-16H2,1-2H3;1-2H3;1H4;/q-2;;;;;+2. The second-order valence-electron chi connectivity index (χ2n) is 31.1. The Morgan fingerprint density at radius 2 is 0.654 bits per heavy atom. The van der Waals surface area contributed by atoms with Crippen LogP contribution in [0.4, 0.5) is 0 Å². The van der Waals surface area contributed by atoms with Crippen molar-refractivity contribution in [2.45, 2.75) is 171 Å². The van der Waals surface area contributed by atoms with E-state index in [1.807, 2.05) is 57.2 Å². The van der Waals surface area contributed by atoms with Crippen molar-refractivity contribution in [1.82, 2.24) is 39.9 Å². The smallest absolute Gasteiger partial charge is 0.460 e. The number of aliphatic hydroxyl groups is 2. The zero-order chi connectivity index (χ0) is 90.8. The molecule has 2 atom stereocenters. The van der Waals surface area contributed by atoms with Gasteiger partial charge in [-0.1, -0.05) is 64.3 Å². The van der Waals surface area contributed by atoms with Crippen molar-refractivity contribution in [3.8, 4) is 68.5 Å². The van der Waals surface area contributed by atoms with Crippen LogP contribution in [0.3, 0.4) is 0 Å². The minimum Gasteiger partial charge on any atom is -0.460 e. The van der Waals surface area contributed by atoms with Crippen LogP contribution in [-0.4, -0.2) is 158 Å². The zero-order valence-electron chi connectivity index (χ0n) is 76.8. The Bertz CT molecular complexity index is 5550. The fourth-order valence-electron chi connectivity index (χ4n) is 14.4. The maximum Gasteiger partial charge on any atom is 2.00 e. The minimum absolute atomic E-state index is 0. The molecule has 13 rings (SSSR count). The summed E-state index contributed by atoms with van der Waals surface area (Å²) in [4.78, 5) is 78.1. The summed E-state index contributed by atoms with van der Waals surface area (Å²) < 4.78 is 63.2. The molecule has 8 bridgehead atoms. The SMILES string of the molecule is C.C=C(C)COCC(O)COCc1ccc(OCOc2ccc(C(=O)OCC(O)COC(=O)C(=C)C)cc2)cc1.CC.COCCOCc1ccc(OCOc2ccc(C(=O)OCCOC)cc2)cc1.Cc1c(C)c(C)c2c(c1C)-c1nc-2nc2[n-]c(nc3nc(nc4[n-]c(n1)c1c(C)c(C)c(C)c(C)c41)-c1c(C)c(C)c(C)c(C)c1-3)c1c(C)c(C)c(C)c(C)c21.[Zn+2]. The van der Waals surface area contributed by atoms with E-state index >= 15 is 0 Å². The molecule has 3 aromatic heterocycles. The molecule has 127 heavy (non-hydrogen) atoms. The van der Waals surface area contributed by atoms with Gasteiger partial charge in [0.1, 0.15) is 55.0 Å². The van der Waals surface area contributed by atoms with Gasteiger partial charge in [0.2, 0.25) is 13.6 Å². The summed E-state index contributed by atoms with van der Waals surface area (Å²) in [5.41, 5.74) is 29.1. The maximum absolute atomic E-state index is 12.1. The fourth-order valence-corrected chi connectivity index (χ4v) is 14.4. The van der Waals surface area contributed by atoms with Gasteiger partial charge < -0.3 is 97.0 Å². The van der Waals surface area contributed by atoms with E-state index in [1.165, 1.54) is 63.6 Å². The average Bonchev–Trinajstić information content (AvgIpc) is 1.56. The molecule has 5 heterocycles. The molecule has 11 aromatic rings. The summed E-state index contributed by atoms with van der Waals surface area (Å²) >= 11 is 0. The largest absolute Gasteiger partial charge is 2.00 e. The Balaban J connectivity index is 0.000000247. The number of ether oxygens (including phenoxy) is 12. The van der Waals surface area contributed by atoms with Crippen molar-refractivity contribution in [2.24, 2.45) is 0 Å². The molecule has 0 aliphatic carbocycles. The third kappa shape index (κ3) is 24.1. The molecule has 0 saturated heterocycles. The van der Waals surface area contributed by atoms with E-state index in [2.05, 4.69) is 124 Å².